The highest BCUT2D eigenvalue weighted by Crippen LogP contribution is 2.46. The second-order valence-electron chi connectivity index (χ2n) is 8.72. The van der Waals surface area contributed by atoms with Crippen LogP contribution in [0.1, 0.15) is 49.7 Å². The monoisotopic (exact) mass is 419 g/mol. The summed E-state index contributed by atoms with van der Waals surface area (Å²) in [6.07, 6.45) is 6.74. The molecule has 0 atom stereocenters. The Bertz CT molecular complexity index is 1010. The number of ether oxygens (including phenoxy) is 3. The van der Waals surface area contributed by atoms with Crippen molar-refractivity contribution in [3.8, 4) is 17.2 Å². The lowest BCUT2D eigenvalue weighted by molar-refractivity contribution is 0.121. The molecule has 5 heteroatoms. The van der Waals surface area contributed by atoms with Gasteiger partial charge in [0, 0.05) is 30.8 Å². The van der Waals surface area contributed by atoms with Gasteiger partial charge in [0.15, 0.2) is 0 Å². The van der Waals surface area contributed by atoms with Gasteiger partial charge in [-0.15, -0.1) is 0 Å². The smallest absolute Gasteiger partial charge is 0.456 e. The lowest BCUT2D eigenvalue weighted by atomic mass is 9.91. The number of rotatable bonds is 3. The van der Waals surface area contributed by atoms with Gasteiger partial charge in [-0.2, -0.15) is 0 Å². The first-order valence-electron chi connectivity index (χ1n) is 11.3. The van der Waals surface area contributed by atoms with Crippen LogP contribution >= 0.6 is 0 Å². The molecule has 0 spiro atoms. The molecule has 0 bridgehead atoms. The van der Waals surface area contributed by atoms with Gasteiger partial charge < -0.3 is 19.1 Å². The van der Waals surface area contributed by atoms with Gasteiger partial charge in [0.05, 0.1) is 7.11 Å². The molecule has 0 amide bonds. The van der Waals surface area contributed by atoms with E-state index >= 15 is 0 Å². The molecular weight excluding hydrogens is 390 g/mol. The van der Waals surface area contributed by atoms with Crippen LogP contribution in [0.25, 0.3) is 11.1 Å². The average Bonchev–Trinajstić information content (AvgIpc) is 3.16. The molecule has 162 valence electrons. The predicted molar refractivity (Wildman–Crippen MR) is 120 cm³/mol. The van der Waals surface area contributed by atoms with E-state index in [0.717, 1.165) is 48.9 Å². The summed E-state index contributed by atoms with van der Waals surface area (Å²) in [6.45, 7) is 3.31. The number of carbonyl (C=O) groups excluding carboxylic acids is 1. The van der Waals surface area contributed by atoms with Crippen molar-refractivity contribution in [2.75, 3.05) is 26.7 Å². The Morgan fingerprint density at radius 3 is 2.48 bits per heavy atom. The average molecular weight is 420 g/mol. The van der Waals surface area contributed by atoms with E-state index < -0.39 is 6.16 Å². The topological polar surface area (TPSA) is 48.0 Å². The van der Waals surface area contributed by atoms with Crippen molar-refractivity contribution >= 4 is 17.3 Å². The fourth-order valence-electron chi connectivity index (χ4n) is 5.25. The fraction of sp³-hybridized carbons (Fsp3) is 0.423. The summed E-state index contributed by atoms with van der Waals surface area (Å²) in [7, 11) is 1.32. The minimum absolute atomic E-state index is 0.471. The Balaban J connectivity index is 1.50. The zero-order valence-electron chi connectivity index (χ0n) is 18.1. The summed E-state index contributed by atoms with van der Waals surface area (Å²) in [5, 5.41) is 0. The number of hydrogen-bond donors (Lipinski definition) is 0. The fourth-order valence-corrected chi connectivity index (χ4v) is 5.25. The van der Waals surface area contributed by atoms with Crippen LogP contribution in [0.15, 0.2) is 42.5 Å². The molecular formula is C26H29NO4. The second-order valence-corrected chi connectivity index (χ2v) is 8.72. The largest absolute Gasteiger partial charge is 0.513 e. The Morgan fingerprint density at radius 1 is 1.00 bits per heavy atom. The summed E-state index contributed by atoms with van der Waals surface area (Å²) in [5.74, 6) is 3.01. The minimum Gasteiger partial charge on any atom is -0.456 e. The molecule has 0 unspecified atom stereocenters. The third-order valence-electron chi connectivity index (χ3n) is 6.79. The number of benzene rings is 2. The normalized spacial score (nSPS) is 18.9. The molecule has 5 nitrogen and oxygen atoms in total. The molecule has 1 fully saturated rings. The van der Waals surface area contributed by atoms with Gasteiger partial charge >= 0.3 is 6.16 Å². The summed E-state index contributed by atoms with van der Waals surface area (Å²) >= 11 is 0. The van der Waals surface area contributed by atoms with Gasteiger partial charge in [-0.3, -0.25) is 0 Å². The van der Waals surface area contributed by atoms with Crippen molar-refractivity contribution in [1.29, 1.82) is 0 Å². The molecule has 2 heterocycles. The van der Waals surface area contributed by atoms with Crippen molar-refractivity contribution in [3.05, 3.63) is 53.6 Å². The standard InChI is InChI=1S/C26H29NO4/c1-29-26(28)30-19-10-11-25-23(16-19)21-13-15-27(17-18-6-2-3-7-18)14-12-20(21)22-8-4-5-9-24(22)31-25/h4-5,8-11,16,18H,2-3,6-7,12-15,17H2,1H3. The molecule has 0 saturated heterocycles. The van der Waals surface area contributed by atoms with Crippen LogP contribution in [0.4, 0.5) is 4.79 Å². The zero-order valence-corrected chi connectivity index (χ0v) is 18.1. The maximum absolute atomic E-state index is 11.6. The van der Waals surface area contributed by atoms with Crippen LogP contribution in [-0.4, -0.2) is 37.8 Å². The van der Waals surface area contributed by atoms with Gasteiger partial charge in [-0.25, -0.2) is 4.79 Å². The van der Waals surface area contributed by atoms with E-state index in [1.165, 1.54) is 56.0 Å². The van der Waals surface area contributed by atoms with Crippen molar-refractivity contribution < 1.29 is 19.0 Å². The summed E-state index contributed by atoms with van der Waals surface area (Å²) < 4.78 is 16.3. The van der Waals surface area contributed by atoms with Crippen molar-refractivity contribution in [3.63, 3.8) is 0 Å². The maximum atomic E-state index is 11.6. The van der Waals surface area contributed by atoms with Gasteiger partial charge in [0.1, 0.15) is 17.2 Å². The first kappa shape index (κ1) is 20.1. The number of fused-ring (bicyclic) bond motifs is 4. The van der Waals surface area contributed by atoms with Crippen LogP contribution in [-0.2, 0) is 4.74 Å². The van der Waals surface area contributed by atoms with Gasteiger partial charge in [0.2, 0.25) is 0 Å². The minimum atomic E-state index is -0.712. The summed E-state index contributed by atoms with van der Waals surface area (Å²) in [6, 6.07) is 13.9. The van der Waals surface area contributed by atoms with Crippen LogP contribution in [0.2, 0.25) is 0 Å². The van der Waals surface area contributed by atoms with Crippen molar-refractivity contribution in [1.82, 2.24) is 4.90 Å². The molecule has 1 aliphatic carbocycles. The predicted octanol–water partition coefficient (Wildman–Crippen LogP) is 6.13. The van der Waals surface area contributed by atoms with Crippen LogP contribution in [0.5, 0.6) is 17.2 Å². The molecule has 1 saturated carbocycles. The Hall–Kier alpha value is -2.79. The van der Waals surface area contributed by atoms with E-state index in [-0.39, 0.29) is 0 Å². The van der Waals surface area contributed by atoms with Crippen LogP contribution in [0, 0.1) is 5.92 Å². The summed E-state index contributed by atoms with van der Waals surface area (Å²) in [5.41, 5.74) is 4.82. The van der Waals surface area contributed by atoms with E-state index in [1.807, 2.05) is 24.3 Å². The molecule has 0 aromatic heterocycles. The molecule has 0 N–H and O–H groups in total. The molecule has 2 aliphatic heterocycles. The lowest BCUT2D eigenvalue weighted by Crippen LogP contribution is -2.30. The molecule has 3 aliphatic rings. The maximum Gasteiger partial charge on any atom is 0.513 e. The number of carbonyl (C=O) groups is 1. The van der Waals surface area contributed by atoms with Crippen molar-refractivity contribution in [2.24, 2.45) is 5.92 Å². The highest BCUT2D eigenvalue weighted by molar-refractivity contribution is 5.96. The lowest BCUT2D eigenvalue weighted by Gasteiger charge is -2.24. The first-order valence-corrected chi connectivity index (χ1v) is 11.3. The number of hydrogen-bond acceptors (Lipinski definition) is 5. The number of methoxy groups -OCH3 is 1. The highest BCUT2D eigenvalue weighted by atomic mass is 16.7. The van der Waals surface area contributed by atoms with E-state index in [1.54, 1.807) is 6.07 Å². The summed E-state index contributed by atoms with van der Waals surface area (Å²) in [4.78, 5) is 14.3. The molecule has 5 rings (SSSR count). The van der Waals surface area contributed by atoms with E-state index in [9.17, 15) is 4.79 Å². The zero-order chi connectivity index (χ0) is 21.2. The molecule has 31 heavy (non-hydrogen) atoms. The first-order chi connectivity index (χ1) is 15.2. The third kappa shape index (κ3) is 4.19. The second kappa shape index (κ2) is 8.75. The van der Waals surface area contributed by atoms with E-state index in [2.05, 4.69) is 21.8 Å². The van der Waals surface area contributed by atoms with Crippen molar-refractivity contribution in [2.45, 2.75) is 38.5 Å². The quantitative estimate of drug-likeness (QED) is 0.442. The van der Waals surface area contributed by atoms with Crippen LogP contribution < -0.4 is 9.47 Å². The van der Waals surface area contributed by atoms with E-state index in [4.69, 9.17) is 9.47 Å². The Kier molecular flexibility index (Phi) is 5.68. The Morgan fingerprint density at radius 2 is 1.71 bits per heavy atom. The SMILES string of the molecule is COC(=O)Oc1ccc2c(c1)C1=C(CCN(CC3CCCC3)CC1)c1ccccc1O2. The Labute approximate surface area is 183 Å². The molecule has 2 aromatic carbocycles. The van der Waals surface area contributed by atoms with Gasteiger partial charge in [-0.05, 0) is 67.0 Å². The van der Waals surface area contributed by atoms with Crippen LogP contribution in [0.3, 0.4) is 0 Å². The number of nitrogens with zero attached hydrogens (tertiary/aromatic N) is 1. The van der Waals surface area contributed by atoms with Gasteiger partial charge in [0.25, 0.3) is 0 Å². The highest BCUT2D eigenvalue weighted by Gasteiger charge is 2.28. The van der Waals surface area contributed by atoms with E-state index in [0.29, 0.717) is 5.75 Å². The molecule has 0 radical (unpaired) electrons. The number of para-hydroxylation sites is 1. The molecule has 2 aromatic rings. The van der Waals surface area contributed by atoms with Gasteiger partial charge in [-0.1, -0.05) is 31.0 Å². The third-order valence-corrected chi connectivity index (χ3v) is 6.79.